The minimum atomic E-state index is -1.74. The SMILES string of the molecule is CC1CC2C3CCC4=CC(=O)C=CC4(C)C3CCC2(C)C1(OC(=O)c1cccc([N+](=O)[O-])c1)C(=O)O. The minimum absolute atomic E-state index is 0.0222. The zero-order chi connectivity index (χ0) is 26.0. The monoisotopic (exact) mass is 493 g/mol. The van der Waals surface area contributed by atoms with Gasteiger partial charge in [0, 0.05) is 28.9 Å². The molecule has 4 aliphatic rings. The highest BCUT2D eigenvalue weighted by molar-refractivity contribution is 6.01. The second kappa shape index (κ2) is 8.11. The first kappa shape index (κ1) is 24.4. The number of non-ortho nitro benzene ring substituents is 1. The Balaban J connectivity index is 1.50. The van der Waals surface area contributed by atoms with Gasteiger partial charge in [0.1, 0.15) is 0 Å². The fraction of sp³-hybridized carbons (Fsp3) is 0.536. The zero-order valence-electron chi connectivity index (χ0n) is 20.7. The number of esters is 1. The Morgan fingerprint density at radius 2 is 1.94 bits per heavy atom. The van der Waals surface area contributed by atoms with Crippen LogP contribution in [0.2, 0.25) is 0 Å². The highest BCUT2D eigenvalue weighted by atomic mass is 16.6. The van der Waals surface area contributed by atoms with Crippen LogP contribution < -0.4 is 0 Å². The molecule has 3 saturated carbocycles. The van der Waals surface area contributed by atoms with Crippen molar-refractivity contribution in [2.75, 3.05) is 0 Å². The molecule has 1 aromatic rings. The molecule has 8 heteroatoms. The van der Waals surface area contributed by atoms with Gasteiger partial charge in [0.15, 0.2) is 5.78 Å². The fourth-order valence-electron chi connectivity index (χ4n) is 8.19. The molecule has 8 nitrogen and oxygen atoms in total. The van der Waals surface area contributed by atoms with E-state index in [4.69, 9.17) is 4.74 Å². The molecule has 36 heavy (non-hydrogen) atoms. The summed E-state index contributed by atoms with van der Waals surface area (Å²) in [5, 5.41) is 21.8. The van der Waals surface area contributed by atoms with E-state index >= 15 is 0 Å². The third-order valence-electron chi connectivity index (χ3n) is 9.96. The molecule has 0 radical (unpaired) electrons. The summed E-state index contributed by atoms with van der Waals surface area (Å²) in [4.78, 5) is 48.8. The predicted octanol–water partition coefficient (Wildman–Crippen LogP) is 5.13. The van der Waals surface area contributed by atoms with Crippen LogP contribution in [0.5, 0.6) is 0 Å². The number of ketones is 1. The number of nitrogens with zero attached hydrogens (tertiary/aromatic N) is 1. The van der Waals surface area contributed by atoms with Gasteiger partial charge < -0.3 is 9.84 Å². The molecule has 0 amide bonds. The molecule has 0 heterocycles. The molecule has 3 fully saturated rings. The van der Waals surface area contributed by atoms with Crippen LogP contribution in [0.25, 0.3) is 0 Å². The number of hydrogen-bond donors (Lipinski definition) is 1. The number of fused-ring (bicyclic) bond motifs is 5. The number of carbonyl (C=O) groups excluding carboxylic acids is 2. The van der Waals surface area contributed by atoms with Crippen molar-refractivity contribution in [3.63, 3.8) is 0 Å². The maximum Gasteiger partial charge on any atom is 0.349 e. The Hall–Kier alpha value is -3.29. The summed E-state index contributed by atoms with van der Waals surface area (Å²) in [6.07, 6.45) is 9.07. The third-order valence-corrected chi connectivity index (χ3v) is 9.96. The lowest BCUT2D eigenvalue weighted by Crippen LogP contribution is -2.60. The second-order valence-electron chi connectivity index (χ2n) is 11.4. The van der Waals surface area contributed by atoms with Crippen LogP contribution in [0.4, 0.5) is 5.69 Å². The summed E-state index contributed by atoms with van der Waals surface area (Å²) in [7, 11) is 0. The Kier molecular flexibility index (Phi) is 5.50. The molecule has 1 aromatic carbocycles. The summed E-state index contributed by atoms with van der Waals surface area (Å²) in [6, 6.07) is 5.21. The van der Waals surface area contributed by atoms with Crippen LogP contribution in [0, 0.1) is 44.6 Å². The number of carboxylic acid groups (broad SMARTS) is 1. The molecule has 0 bridgehead atoms. The summed E-state index contributed by atoms with van der Waals surface area (Å²) < 4.78 is 5.96. The number of hydrogen-bond acceptors (Lipinski definition) is 6. The first-order valence-electron chi connectivity index (χ1n) is 12.6. The number of nitro groups is 1. The van der Waals surface area contributed by atoms with E-state index in [9.17, 15) is 29.6 Å². The van der Waals surface area contributed by atoms with E-state index in [-0.39, 0.29) is 40.2 Å². The Labute approximate surface area is 209 Å². The van der Waals surface area contributed by atoms with Crippen molar-refractivity contribution in [1.82, 2.24) is 0 Å². The number of carboxylic acids is 1. The van der Waals surface area contributed by atoms with E-state index in [0.717, 1.165) is 30.9 Å². The van der Waals surface area contributed by atoms with Crippen molar-refractivity contribution in [2.24, 2.45) is 34.5 Å². The van der Waals surface area contributed by atoms with E-state index in [1.807, 2.05) is 19.9 Å². The molecule has 7 atom stereocenters. The number of ether oxygens (including phenoxy) is 1. The molecule has 190 valence electrons. The van der Waals surface area contributed by atoms with Gasteiger partial charge in [0.05, 0.1) is 10.5 Å². The van der Waals surface area contributed by atoms with E-state index in [0.29, 0.717) is 12.8 Å². The molecule has 0 aromatic heterocycles. The van der Waals surface area contributed by atoms with Crippen molar-refractivity contribution in [3.05, 3.63) is 63.7 Å². The maximum atomic E-state index is 13.2. The average molecular weight is 494 g/mol. The number of rotatable bonds is 4. The zero-order valence-corrected chi connectivity index (χ0v) is 20.7. The second-order valence-corrected chi connectivity index (χ2v) is 11.4. The van der Waals surface area contributed by atoms with Gasteiger partial charge >= 0.3 is 11.9 Å². The predicted molar refractivity (Wildman–Crippen MR) is 130 cm³/mol. The lowest BCUT2D eigenvalue weighted by atomic mass is 9.47. The molecule has 1 N–H and O–H groups in total. The molecular formula is C28H31NO7. The lowest BCUT2D eigenvalue weighted by molar-refractivity contribution is -0.384. The minimum Gasteiger partial charge on any atom is -0.478 e. The van der Waals surface area contributed by atoms with E-state index in [1.54, 1.807) is 12.2 Å². The van der Waals surface area contributed by atoms with Gasteiger partial charge in [-0.2, -0.15) is 0 Å². The topological polar surface area (TPSA) is 124 Å². The van der Waals surface area contributed by atoms with Crippen LogP contribution in [0.1, 0.15) is 63.2 Å². The largest absolute Gasteiger partial charge is 0.478 e. The number of aliphatic carboxylic acids is 1. The average Bonchev–Trinajstić information content (AvgIpc) is 3.06. The molecule has 4 aliphatic carbocycles. The van der Waals surface area contributed by atoms with E-state index in [1.165, 1.54) is 18.2 Å². The highest BCUT2D eigenvalue weighted by Crippen LogP contribution is 2.69. The Morgan fingerprint density at radius 3 is 2.64 bits per heavy atom. The van der Waals surface area contributed by atoms with Gasteiger partial charge in [0.25, 0.3) is 5.69 Å². The van der Waals surface area contributed by atoms with Crippen LogP contribution in [0.15, 0.2) is 48.1 Å². The van der Waals surface area contributed by atoms with Crippen LogP contribution >= 0.6 is 0 Å². The van der Waals surface area contributed by atoms with Gasteiger partial charge in [-0.3, -0.25) is 14.9 Å². The van der Waals surface area contributed by atoms with Crippen molar-refractivity contribution < 1.29 is 29.2 Å². The smallest absolute Gasteiger partial charge is 0.349 e. The van der Waals surface area contributed by atoms with Crippen molar-refractivity contribution >= 4 is 23.4 Å². The number of nitro benzene ring substituents is 1. The quantitative estimate of drug-likeness (QED) is 0.350. The molecule has 0 spiro atoms. The molecular weight excluding hydrogens is 462 g/mol. The number of benzene rings is 1. The first-order valence-corrected chi connectivity index (χ1v) is 12.6. The first-order chi connectivity index (χ1) is 16.9. The van der Waals surface area contributed by atoms with E-state index in [2.05, 4.69) is 6.92 Å². The van der Waals surface area contributed by atoms with Gasteiger partial charge in [-0.15, -0.1) is 0 Å². The Bertz CT molecular complexity index is 1230. The lowest BCUT2D eigenvalue weighted by Gasteiger charge is -2.57. The fourth-order valence-corrected chi connectivity index (χ4v) is 8.19. The molecule has 0 saturated heterocycles. The number of carbonyl (C=O) groups is 3. The van der Waals surface area contributed by atoms with Crippen molar-refractivity contribution in [1.29, 1.82) is 0 Å². The Morgan fingerprint density at radius 1 is 1.19 bits per heavy atom. The van der Waals surface area contributed by atoms with Crippen LogP contribution in [0.3, 0.4) is 0 Å². The van der Waals surface area contributed by atoms with Crippen molar-refractivity contribution in [3.8, 4) is 0 Å². The normalized spacial score (nSPS) is 38.9. The van der Waals surface area contributed by atoms with Gasteiger partial charge in [-0.25, -0.2) is 9.59 Å². The van der Waals surface area contributed by atoms with E-state index < -0.39 is 33.8 Å². The molecule has 0 aliphatic heterocycles. The highest BCUT2D eigenvalue weighted by Gasteiger charge is 2.72. The standard InChI is InChI=1S/C28H31NO7/c1-16-13-23-21-8-7-18-15-20(30)9-11-26(18,2)22(21)10-12-27(23,3)28(16,25(32)33)36-24(31)17-5-4-6-19(14-17)29(34)35/h4-6,9,11,14-16,21-23H,7-8,10,12-13H2,1-3H3,(H,32,33). The van der Waals surface area contributed by atoms with Crippen LogP contribution in [-0.4, -0.2) is 33.4 Å². The summed E-state index contributed by atoms with van der Waals surface area (Å²) in [5.74, 6) is -1.87. The molecule has 7 unspecified atom stereocenters. The van der Waals surface area contributed by atoms with Gasteiger partial charge in [-0.05, 0) is 68.1 Å². The van der Waals surface area contributed by atoms with Gasteiger partial charge in [0.2, 0.25) is 5.60 Å². The number of allylic oxidation sites excluding steroid dienone is 4. The summed E-state index contributed by atoms with van der Waals surface area (Å²) in [6.45, 7) is 5.97. The summed E-state index contributed by atoms with van der Waals surface area (Å²) >= 11 is 0. The van der Waals surface area contributed by atoms with Crippen LogP contribution in [-0.2, 0) is 14.3 Å². The van der Waals surface area contributed by atoms with Crippen molar-refractivity contribution in [2.45, 2.75) is 58.5 Å². The third kappa shape index (κ3) is 3.22. The summed E-state index contributed by atoms with van der Waals surface area (Å²) in [5.41, 5.74) is -1.88. The molecule has 5 rings (SSSR count). The van der Waals surface area contributed by atoms with Gasteiger partial charge in [-0.1, -0.05) is 38.5 Å². The maximum absolute atomic E-state index is 13.2.